The molecule has 22 heavy (non-hydrogen) atoms. The van der Waals surface area contributed by atoms with Crippen molar-refractivity contribution in [2.24, 2.45) is 0 Å². The quantitative estimate of drug-likeness (QED) is 0.878. The minimum absolute atomic E-state index is 0.171. The van der Waals surface area contributed by atoms with Crippen LogP contribution in [-0.2, 0) is 11.2 Å². The van der Waals surface area contributed by atoms with Crippen LogP contribution in [0.4, 0.5) is 10.5 Å². The molecular weight excluding hydrogens is 280 g/mol. The van der Waals surface area contributed by atoms with E-state index in [-0.39, 0.29) is 12.3 Å². The van der Waals surface area contributed by atoms with Crippen molar-refractivity contribution in [1.82, 2.24) is 5.32 Å². The second-order valence-corrected chi connectivity index (χ2v) is 5.16. The molecule has 0 saturated heterocycles. The van der Waals surface area contributed by atoms with Crippen molar-refractivity contribution < 1.29 is 14.4 Å². The maximum absolute atomic E-state index is 12.3. The van der Waals surface area contributed by atoms with Crippen LogP contribution in [0.5, 0.6) is 0 Å². The molecule has 4 amide bonds. The van der Waals surface area contributed by atoms with Crippen molar-refractivity contribution in [2.45, 2.75) is 13.3 Å². The molecule has 2 aromatic carbocycles. The summed E-state index contributed by atoms with van der Waals surface area (Å²) in [4.78, 5) is 37.4. The zero-order valence-electron chi connectivity index (χ0n) is 12.0. The van der Waals surface area contributed by atoms with Crippen molar-refractivity contribution in [1.29, 1.82) is 0 Å². The van der Waals surface area contributed by atoms with Crippen LogP contribution in [0.25, 0.3) is 0 Å². The number of anilines is 1. The van der Waals surface area contributed by atoms with Crippen LogP contribution < -0.4 is 10.2 Å². The summed E-state index contributed by atoms with van der Waals surface area (Å²) in [6.45, 7) is 1.92. The summed E-state index contributed by atoms with van der Waals surface area (Å²) in [7, 11) is 0. The largest absolute Gasteiger partial charge is 0.335 e. The molecule has 5 heteroatoms. The van der Waals surface area contributed by atoms with Crippen LogP contribution in [0.2, 0.25) is 0 Å². The molecule has 1 heterocycles. The normalized spacial score (nSPS) is 13.0. The summed E-state index contributed by atoms with van der Waals surface area (Å²) in [5, 5.41) is 2.25. The summed E-state index contributed by atoms with van der Waals surface area (Å²) in [5.41, 5.74) is 2.72. The molecule has 0 aromatic heterocycles. The molecule has 0 atom stereocenters. The van der Waals surface area contributed by atoms with Gasteiger partial charge in [0.1, 0.15) is 0 Å². The van der Waals surface area contributed by atoms with E-state index in [0.29, 0.717) is 11.3 Å². The predicted molar refractivity (Wildman–Crippen MR) is 81.7 cm³/mol. The van der Waals surface area contributed by atoms with E-state index in [9.17, 15) is 14.4 Å². The first-order valence-corrected chi connectivity index (χ1v) is 6.89. The molecule has 0 fully saturated rings. The molecule has 0 aliphatic carbocycles. The van der Waals surface area contributed by atoms with Crippen LogP contribution in [0.3, 0.4) is 0 Å². The Morgan fingerprint density at radius 1 is 1.09 bits per heavy atom. The zero-order chi connectivity index (χ0) is 15.7. The van der Waals surface area contributed by atoms with E-state index < -0.39 is 11.9 Å². The van der Waals surface area contributed by atoms with Gasteiger partial charge in [-0.2, -0.15) is 0 Å². The standard InChI is InChI=1S/C17H14N2O3/c1-11-7-8-14-13(9-11)10-15(20)19(14)17(22)18-16(21)12-5-3-2-4-6-12/h2-9H,10H2,1H3,(H,18,21,22). The Balaban J connectivity index is 1.82. The highest BCUT2D eigenvalue weighted by Gasteiger charge is 2.33. The Labute approximate surface area is 127 Å². The summed E-state index contributed by atoms with van der Waals surface area (Å²) in [5.74, 6) is -0.863. The fraction of sp³-hybridized carbons (Fsp3) is 0.118. The smallest absolute Gasteiger partial charge is 0.274 e. The fourth-order valence-electron chi connectivity index (χ4n) is 2.49. The zero-order valence-corrected chi connectivity index (χ0v) is 12.0. The molecule has 5 nitrogen and oxygen atoms in total. The molecule has 110 valence electrons. The van der Waals surface area contributed by atoms with Crippen LogP contribution in [0, 0.1) is 6.92 Å². The Hall–Kier alpha value is -2.95. The number of hydrogen-bond acceptors (Lipinski definition) is 3. The van der Waals surface area contributed by atoms with Gasteiger partial charge < -0.3 is 0 Å². The predicted octanol–water partition coefficient (Wildman–Crippen LogP) is 2.43. The Bertz CT molecular complexity index is 769. The Morgan fingerprint density at radius 2 is 1.82 bits per heavy atom. The second kappa shape index (κ2) is 5.44. The first-order valence-electron chi connectivity index (χ1n) is 6.89. The van der Waals surface area contributed by atoms with E-state index in [1.54, 1.807) is 36.4 Å². The van der Waals surface area contributed by atoms with Crippen LogP contribution in [0.1, 0.15) is 21.5 Å². The molecule has 1 aliphatic rings. The van der Waals surface area contributed by atoms with Crippen molar-refractivity contribution in [3.05, 3.63) is 65.2 Å². The third kappa shape index (κ3) is 2.48. The molecular formula is C17H14N2O3. The van der Waals surface area contributed by atoms with E-state index >= 15 is 0 Å². The molecule has 0 radical (unpaired) electrons. The van der Waals surface area contributed by atoms with Crippen LogP contribution in [0.15, 0.2) is 48.5 Å². The average molecular weight is 294 g/mol. The fourth-order valence-corrected chi connectivity index (χ4v) is 2.49. The lowest BCUT2D eigenvalue weighted by molar-refractivity contribution is -0.116. The monoisotopic (exact) mass is 294 g/mol. The number of benzene rings is 2. The lowest BCUT2D eigenvalue weighted by Crippen LogP contribution is -2.44. The highest BCUT2D eigenvalue weighted by atomic mass is 16.2. The van der Waals surface area contributed by atoms with Gasteiger partial charge in [-0.05, 0) is 30.7 Å². The number of hydrogen-bond donors (Lipinski definition) is 1. The van der Waals surface area contributed by atoms with E-state index in [1.165, 1.54) is 0 Å². The number of carbonyl (C=O) groups excluding carboxylic acids is 3. The van der Waals surface area contributed by atoms with E-state index in [4.69, 9.17) is 0 Å². The van der Waals surface area contributed by atoms with Crippen molar-refractivity contribution >= 4 is 23.5 Å². The number of aryl methyl sites for hydroxylation is 1. The summed E-state index contributed by atoms with van der Waals surface area (Å²) in [6.07, 6.45) is 0.171. The number of urea groups is 1. The minimum atomic E-state index is -0.721. The average Bonchev–Trinajstić information content (AvgIpc) is 2.83. The van der Waals surface area contributed by atoms with Gasteiger partial charge in [0, 0.05) is 5.56 Å². The lowest BCUT2D eigenvalue weighted by Gasteiger charge is -2.15. The van der Waals surface area contributed by atoms with Gasteiger partial charge in [-0.1, -0.05) is 35.9 Å². The SMILES string of the molecule is Cc1ccc2c(c1)CC(=O)N2C(=O)NC(=O)c1ccccc1. The number of fused-ring (bicyclic) bond motifs is 1. The molecule has 3 rings (SSSR count). The van der Waals surface area contributed by atoms with Gasteiger partial charge in [0.25, 0.3) is 5.91 Å². The lowest BCUT2D eigenvalue weighted by atomic mass is 10.1. The van der Waals surface area contributed by atoms with Gasteiger partial charge in [-0.3, -0.25) is 14.9 Å². The summed E-state index contributed by atoms with van der Waals surface area (Å²) in [6, 6.07) is 13.1. The highest BCUT2D eigenvalue weighted by molar-refractivity contribution is 6.22. The van der Waals surface area contributed by atoms with Gasteiger partial charge in [0.15, 0.2) is 0 Å². The molecule has 0 bridgehead atoms. The molecule has 1 aliphatic heterocycles. The van der Waals surface area contributed by atoms with Crippen molar-refractivity contribution in [2.75, 3.05) is 4.90 Å². The topological polar surface area (TPSA) is 66.5 Å². The molecule has 2 aromatic rings. The first-order chi connectivity index (χ1) is 10.6. The number of carbonyl (C=O) groups is 3. The van der Waals surface area contributed by atoms with Gasteiger partial charge in [0.05, 0.1) is 12.1 Å². The summed E-state index contributed by atoms with van der Waals surface area (Å²) < 4.78 is 0. The molecule has 0 saturated carbocycles. The third-order valence-corrected chi connectivity index (χ3v) is 3.53. The third-order valence-electron chi connectivity index (χ3n) is 3.53. The number of amides is 4. The van der Waals surface area contributed by atoms with Crippen molar-refractivity contribution in [3.63, 3.8) is 0 Å². The molecule has 0 spiro atoms. The van der Waals surface area contributed by atoms with Gasteiger partial charge >= 0.3 is 6.03 Å². The summed E-state index contributed by atoms with van der Waals surface area (Å²) >= 11 is 0. The van der Waals surface area contributed by atoms with Gasteiger partial charge in [-0.15, -0.1) is 0 Å². The Morgan fingerprint density at radius 3 is 2.55 bits per heavy atom. The highest BCUT2D eigenvalue weighted by Crippen LogP contribution is 2.29. The van der Waals surface area contributed by atoms with Crippen LogP contribution >= 0.6 is 0 Å². The van der Waals surface area contributed by atoms with E-state index in [0.717, 1.165) is 16.0 Å². The van der Waals surface area contributed by atoms with E-state index in [2.05, 4.69) is 5.32 Å². The number of nitrogens with one attached hydrogen (secondary N) is 1. The maximum atomic E-state index is 12.3. The Kier molecular flexibility index (Phi) is 3.47. The first kappa shape index (κ1) is 14.0. The number of nitrogens with zero attached hydrogens (tertiary/aromatic N) is 1. The number of rotatable bonds is 1. The van der Waals surface area contributed by atoms with Crippen LogP contribution in [-0.4, -0.2) is 17.8 Å². The van der Waals surface area contributed by atoms with Crippen molar-refractivity contribution in [3.8, 4) is 0 Å². The maximum Gasteiger partial charge on any atom is 0.335 e. The molecule has 1 N–H and O–H groups in total. The number of imide groups is 2. The van der Waals surface area contributed by atoms with Gasteiger partial charge in [0.2, 0.25) is 5.91 Å². The minimum Gasteiger partial charge on any atom is -0.274 e. The second-order valence-electron chi connectivity index (χ2n) is 5.16. The van der Waals surface area contributed by atoms with E-state index in [1.807, 2.05) is 19.1 Å². The molecule has 0 unspecified atom stereocenters. The van der Waals surface area contributed by atoms with Gasteiger partial charge in [-0.25, -0.2) is 9.69 Å².